The lowest BCUT2D eigenvalue weighted by Crippen LogP contribution is -2.22. The normalized spacial score (nSPS) is 11.1. The van der Waals surface area contributed by atoms with E-state index in [0.29, 0.717) is 30.7 Å². The van der Waals surface area contributed by atoms with Crippen LogP contribution in [0.25, 0.3) is 0 Å². The summed E-state index contributed by atoms with van der Waals surface area (Å²) in [6.45, 7) is 6.92. The van der Waals surface area contributed by atoms with E-state index >= 15 is 0 Å². The minimum atomic E-state index is 0.420. The zero-order valence-electron chi connectivity index (χ0n) is 11.1. The third kappa shape index (κ3) is 3.40. The van der Waals surface area contributed by atoms with Crippen molar-refractivity contribution in [2.45, 2.75) is 39.8 Å². The SMILES string of the molecule is Cc1ccccc1Cc1nc(CNC(C)C)no1. The van der Waals surface area contributed by atoms with Gasteiger partial charge in [-0.15, -0.1) is 0 Å². The second kappa shape index (κ2) is 5.78. The summed E-state index contributed by atoms with van der Waals surface area (Å²) in [5.41, 5.74) is 2.47. The van der Waals surface area contributed by atoms with Crippen molar-refractivity contribution in [3.63, 3.8) is 0 Å². The van der Waals surface area contributed by atoms with Crippen molar-refractivity contribution in [1.29, 1.82) is 0 Å². The van der Waals surface area contributed by atoms with Crippen LogP contribution >= 0.6 is 0 Å². The minimum absolute atomic E-state index is 0.420. The van der Waals surface area contributed by atoms with Gasteiger partial charge in [0.25, 0.3) is 0 Å². The molecule has 0 saturated heterocycles. The van der Waals surface area contributed by atoms with E-state index in [9.17, 15) is 0 Å². The highest BCUT2D eigenvalue weighted by Gasteiger charge is 2.08. The number of nitrogens with zero attached hydrogens (tertiary/aromatic N) is 2. The standard InChI is InChI=1S/C14H19N3O/c1-10(2)15-9-13-16-14(18-17-13)8-12-7-5-4-6-11(12)3/h4-7,10,15H,8-9H2,1-3H3. The lowest BCUT2D eigenvalue weighted by Gasteiger charge is -2.03. The largest absolute Gasteiger partial charge is 0.339 e. The first-order valence-electron chi connectivity index (χ1n) is 6.24. The maximum Gasteiger partial charge on any atom is 0.231 e. The number of benzene rings is 1. The van der Waals surface area contributed by atoms with Gasteiger partial charge in [-0.3, -0.25) is 0 Å². The van der Waals surface area contributed by atoms with Crippen molar-refractivity contribution in [3.8, 4) is 0 Å². The zero-order chi connectivity index (χ0) is 13.0. The molecule has 0 bridgehead atoms. The molecule has 1 aromatic carbocycles. The fraction of sp³-hybridized carbons (Fsp3) is 0.429. The van der Waals surface area contributed by atoms with E-state index in [1.54, 1.807) is 0 Å². The fourth-order valence-corrected chi connectivity index (χ4v) is 1.70. The molecule has 96 valence electrons. The molecular formula is C14H19N3O. The Morgan fingerprint density at radius 1 is 1.28 bits per heavy atom. The van der Waals surface area contributed by atoms with Crippen LogP contribution in [0.2, 0.25) is 0 Å². The summed E-state index contributed by atoms with van der Waals surface area (Å²) in [5, 5.41) is 7.23. The molecule has 1 N–H and O–H groups in total. The highest BCUT2D eigenvalue weighted by Crippen LogP contribution is 2.12. The average molecular weight is 245 g/mol. The molecule has 4 nitrogen and oxygen atoms in total. The first kappa shape index (κ1) is 12.8. The molecule has 0 amide bonds. The second-order valence-corrected chi connectivity index (χ2v) is 4.74. The van der Waals surface area contributed by atoms with Gasteiger partial charge < -0.3 is 9.84 Å². The Balaban J connectivity index is 2.00. The lowest BCUT2D eigenvalue weighted by molar-refractivity contribution is 0.376. The van der Waals surface area contributed by atoms with Gasteiger partial charge in [0, 0.05) is 6.04 Å². The zero-order valence-corrected chi connectivity index (χ0v) is 11.1. The van der Waals surface area contributed by atoms with Gasteiger partial charge in [0.2, 0.25) is 5.89 Å². The molecule has 2 rings (SSSR count). The summed E-state index contributed by atoms with van der Waals surface area (Å²) >= 11 is 0. The quantitative estimate of drug-likeness (QED) is 0.879. The van der Waals surface area contributed by atoms with Crippen molar-refractivity contribution < 1.29 is 4.52 Å². The molecule has 0 aliphatic heterocycles. The molecule has 0 aliphatic rings. The van der Waals surface area contributed by atoms with Gasteiger partial charge in [-0.1, -0.05) is 43.3 Å². The third-order valence-corrected chi connectivity index (χ3v) is 2.78. The summed E-state index contributed by atoms with van der Waals surface area (Å²) in [6.07, 6.45) is 0.696. The Hall–Kier alpha value is -1.68. The van der Waals surface area contributed by atoms with Crippen LogP contribution in [0.15, 0.2) is 28.8 Å². The molecule has 0 fully saturated rings. The van der Waals surface area contributed by atoms with Gasteiger partial charge >= 0.3 is 0 Å². The number of nitrogens with one attached hydrogen (secondary N) is 1. The summed E-state index contributed by atoms with van der Waals surface area (Å²) in [7, 11) is 0. The van der Waals surface area contributed by atoms with E-state index in [0.717, 1.165) is 0 Å². The Morgan fingerprint density at radius 3 is 2.78 bits per heavy atom. The lowest BCUT2D eigenvalue weighted by atomic mass is 10.1. The van der Waals surface area contributed by atoms with E-state index in [4.69, 9.17) is 4.52 Å². The third-order valence-electron chi connectivity index (χ3n) is 2.78. The Bertz CT molecular complexity index is 505. The highest BCUT2D eigenvalue weighted by molar-refractivity contribution is 5.27. The van der Waals surface area contributed by atoms with E-state index in [2.05, 4.69) is 48.4 Å². The minimum Gasteiger partial charge on any atom is -0.339 e. The van der Waals surface area contributed by atoms with Crippen molar-refractivity contribution in [2.75, 3.05) is 0 Å². The summed E-state index contributed by atoms with van der Waals surface area (Å²) < 4.78 is 5.25. The van der Waals surface area contributed by atoms with Crippen LogP contribution in [0.3, 0.4) is 0 Å². The van der Waals surface area contributed by atoms with Crippen LogP contribution < -0.4 is 5.32 Å². The van der Waals surface area contributed by atoms with Crippen LogP contribution in [0.1, 0.15) is 36.7 Å². The van der Waals surface area contributed by atoms with Crippen LogP contribution in [-0.2, 0) is 13.0 Å². The monoisotopic (exact) mass is 245 g/mol. The molecule has 18 heavy (non-hydrogen) atoms. The smallest absolute Gasteiger partial charge is 0.231 e. The summed E-state index contributed by atoms with van der Waals surface area (Å²) in [4.78, 5) is 4.38. The van der Waals surface area contributed by atoms with Gasteiger partial charge in [-0.25, -0.2) is 0 Å². The van der Waals surface area contributed by atoms with Gasteiger partial charge in [0.05, 0.1) is 13.0 Å². The highest BCUT2D eigenvalue weighted by atomic mass is 16.5. The van der Waals surface area contributed by atoms with Gasteiger partial charge in [0.1, 0.15) is 0 Å². The van der Waals surface area contributed by atoms with Crippen LogP contribution in [-0.4, -0.2) is 16.2 Å². The van der Waals surface area contributed by atoms with Crippen molar-refractivity contribution in [1.82, 2.24) is 15.5 Å². The Kier molecular flexibility index (Phi) is 4.10. The molecular weight excluding hydrogens is 226 g/mol. The van der Waals surface area contributed by atoms with E-state index in [1.165, 1.54) is 11.1 Å². The molecule has 0 unspecified atom stereocenters. The summed E-state index contributed by atoms with van der Waals surface area (Å²) in [5.74, 6) is 1.39. The summed E-state index contributed by atoms with van der Waals surface area (Å²) in [6, 6.07) is 8.66. The van der Waals surface area contributed by atoms with Crippen molar-refractivity contribution in [3.05, 3.63) is 47.1 Å². The van der Waals surface area contributed by atoms with Crippen molar-refractivity contribution in [2.24, 2.45) is 0 Å². The molecule has 0 radical (unpaired) electrons. The predicted octanol–water partition coefficient (Wildman–Crippen LogP) is 2.47. The van der Waals surface area contributed by atoms with E-state index < -0.39 is 0 Å². The number of rotatable bonds is 5. The molecule has 1 heterocycles. The molecule has 0 saturated carbocycles. The van der Waals surface area contributed by atoms with Gasteiger partial charge in [-0.2, -0.15) is 4.98 Å². The average Bonchev–Trinajstić information content (AvgIpc) is 2.77. The fourth-order valence-electron chi connectivity index (χ4n) is 1.70. The number of aryl methyl sites for hydroxylation is 1. The van der Waals surface area contributed by atoms with E-state index in [1.807, 2.05) is 12.1 Å². The second-order valence-electron chi connectivity index (χ2n) is 4.74. The van der Waals surface area contributed by atoms with Crippen LogP contribution in [0.4, 0.5) is 0 Å². The Labute approximate surface area is 107 Å². The first-order valence-corrected chi connectivity index (χ1v) is 6.24. The molecule has 0 aliphatic carbocycles. The Morgan fingerprint density at radius 2 is 2.06 bits per heavy atom. The molecule has 4 heteroatoms. The van der Waals surface area contributed by atoms with Crippen LogP contribution in [0, 0.1) is 6.92 Å². The molecule has 2 aromatic rings. The topological polar surface area (TPSA) is 51.0 Å². The predicted molar refractivity (Wildman–Crippen MR) is 70.3 cm³/mol. The number of hydrogen-bond donors (Lipinski definition) is 1. The van der Waals surface area contributed by atoms with E-state index in [-0.39, 0.29) is 0 Å². The maximum absolute atomic E-state index is 5.25. The number of hydrogen-bond acceptors (Lipinski definition) is 4. The van der Waals surface area contributed by atoms with Gasteiger partial charge in [0.15, 0.2) is 5.82 Å². The van der Waals surface area contributed by atoms with Crippen LogP contribution in [0.5, 0.6) is 0 Å². The number of aromatic nitrogens is 2. The molecule has 0 spiro atoms. The van der Waals surface area contributed by atoms with Crippen molar-refractivity contribution >= 4 is 0 Å². The first-order chi connectivity index (χ1) is 8.65. The maximum atomic E-state index is 5.25. The molecule has 0 atom stereocenters. The van der Waals surface area contributed by atoms with Gasteiger partial charge in [-0.05, 0) is 18.1 Å². The molecule has 1 aromatic heterocycles.